The first-order chi connectivity index (χ1) is 8.53. The zero-order valence-corrected chi connectivity index (χ0v) is 12.3. The Morgan fingerprint density at radius 2 is 2.00 bits per heavy atom. The van der Waals surface area contributed by atoms with E-state index in [4.69, 9.17) is 18.0 Å². The van der Waals surface area contributed by atoms with E-state index in [1.807, 2.05) is 0 Å². The molecule has 106 valence electrons. The molecule has 4 N–H and O–H groups in total. The molecule has 5 nitrogen and oxygen atoms in total. The largest absolute Gasteiger partial charge is 0.363 e. The molecule has 1 atom stereocenters. The Kier molecular flexibility index (Phi) is 6.88. The summed E-state index contributed by atoms with van der Waals surface area (Å²) < 4.78 is 22.5. The van der Waals surface area contributed by atoms with E-state index in [1.54, 1.807) is 0 Å². The van der Waals surface area contributed by atoms with Crippen molar-refractivity contribution in [1.29, 1.82) is 0 Å². The highest BCUT2D eigenvalue weighted by molar-refractivity contribution is 7.91. The van der Waals surface area contributed by atoms with Crippen molar-refractivity contribution in [2.45, 2.75) is 38.1 Å². The lowest BCUT2D eigenvalue weighted by Gasteiger charge is -2.14. The van der Waals surface area contributed by atoms with Crippen molar-refractivity contribution in [3.05, 3.63) is 0 Å². The highest BCUT2D eigenvalue weighted by Crippen LogP contribution is 2.10. The summed E-state index contributed by atoms with van der Waals surface area (Å²) >= 11 is 5.13. The Hall–Kier alpha value is -0.400. The second-order valence-corrected chi connectivity index (χ2v) is 7.34. The predicted octanol–water partition coefficient (Wildman–Crippen LogP) is 0.157. The molecule has 0 bridgehead atoms. The van der Waals surface area contributed by atoms with E-state index in [-0.39, 0.29) is 17.5 Å². The fourth-order valence-corrected chi connectivity index (χ4v) is 3.91. The van der Waals surface area contributed by atoms with Crippen LogP contribution in [0.25, 0.3) is 0 Å². The quantitative estimate of drug-likeness (QED) is 0.458. The van der Waals surface area contributed by atoms with Crippen LogP contribution in [0.2, 0.25) is 0 Å². The molecule has 7 heteroatoms. The van der Waals surface area contributed by atoms with Gasteiger partial charge in [-0.05, 0) is 38.0 Å². The summed E-state index contributed by atoms with van der Waals surface area (Å²) in [5.41, 5.74) is 5.41. The minimum absolute atomic E-state index is 0.0211. The number of nitrogens with two attached hydrogens (primary N) is 1. The topological polar surface area (TPSA) is 84.2 Å². The third-order valence-corrected chi connectivity index (χ3v) is 5.01. The number of rotatable bonds is 7. The van der Waals surface area contributed by atoms with Crippen LogP contribution in [0.1, 0.15) is 32.1 Å². The van der Waals surface area contributed by atoms with Crippen LogP contribution >= 0.6 is 12.2 Å². The van der Waals surface area contributed by atoms with Crippen molar-refractivity contribution in [1.82, 2.24) is 10.6 Å². The third-order valence-electron chi connectivity index (χ3n) is 2.98. The van der Waals surface area contributed by atoms with Crippen LogP contribution in [0, 0.1) is 0 Å². The van der Waals surface area contributed by atoms with Crippen LogP contribution in [0.4, 0.5) is 0 Å². The normalized spacial score (nSPS) is 21.7. The van der Waals surface area contributed by atoms with E-state index < -0.39 is 9.84 Å². The molecule has 1 heterocycles. The first kappa shape index (κ1) is 15.7. The van der Waals surface area contributed by atoms with Crippen LogP contribution in [0.5, 0.6) is 0 Å². The van der Waals surface area contributed by atoms with Gasteiger partial charge in [0, 0.05) is 12.6 Å². The first-order valence-corrected chi connectivity index (χ1v) is 8.71. The number of hydrogen-bond donors (Lipinski definition) is 3. The van der Waals surface area contributed by atoms with Gasteiger partial charge in [-0.15, -0.1) is 0 Å². The molecule has 0 spiro atoms. The lowest BCUT2D eigenvalue weighted by atomic mass is 10.2. The van der Waals surface area contributed by atoms with E-state index in [9.17, 15) is 8.42 Å². The second kappa shape index (κ2) is 7.91. The van der Waals surface area contributed by atoms with Gasteiger partial charge in [-0.2, -0.15) is 0 Å². The fraction of sp³-hybridized carbons (Fsp3) is 0.909. The van der Waals surface area contributed by atoms with Crippen molar-refractivity contribution in [2.24, 2.45) is 5.73 Å². The van der Waals surface area contributed by atoms with Gasteiger partial charge >= 0.3 is 0 Å². The van der Waals surface area contributed by atoms with Crippen LogP contribution in [-0.4, -0.2) is 44.2 Å². The fourth-order valence-electron chi connectivity index (χ4n) is 1.97. The number of hydrogen-bond acceptors (Lipinski definition) is 4. The van der Waals surface area contributed by atoms with E-state index >= 15 is 0 Å². The lowest BCUT2D eigenvalue weighted by molar-refractivity contribution is 0.599. The Bertz CT molecular complexity index is 357. The molecule has 1 aliphatic heterocycles. The maximum absolute atomic E-state index is 11.3. The van der Waals surface area contributed by atoms with E-state index in [2.05, 4.69) is 10.6 Å². The monoisotopic (exact) mass is 293 g/mol. The molecule has 0 aromatic heterocycles. The van der Waals surface area contributed by atoms with Gasteiger partial charge < -0.3 is 16.4 Å². The highest BCUT2D eigenvalue weighted by atomic mass is 32.2. The molecule has 1 saturated heterocycles. The molecule has 0 aromatic rings. The predicted molar refractivity (Wildman–Crippen MR) is 78.3 cm³/mol. The summed E-state index contributed by atoms with van der Waals surface area (Å²) in [5.74, 6) is 0.470. The number of unbranched alkanes of at least 4 members (excludes halogenated alkanes) is 3. The average molecular weight is 293 g/mol. The summed E-state index contributed by atoms with van der Waals surface area (Å²) in [5, 5.41) is 6.73. The van der Waals surface area contributed by atoms with Crippen LogP contribution in [0.3, 0.4) is 0 Å². The van der Waals surface area contributed by atoms with E-state index in [1.165, 1.54) is 0 Å². The van der Waals surface area contributed by atoms with Gasteiger partial charge in [0.05, 0.1) is 11.5 Å². The lowest BCUT2D eigenvalue weighted by Crippen LogP contribution is -2.42. The Labute approximate surface area is 115 Å². The molecule has 0 unspecified atom stereocenters. The zero-order valence-electron chi connectivity index (χ0n) is 10.7. The molecule has 18 heavy (non-hydrogen) atoms. The first-order valence-electron chi connectivity index (χ1n) is 6.48. The molecular formula is C11H23N3O2S2. The summed E-state index contributed by atoms with van der Waals surface area (Å²) in [4.78, 5) is 0. The molecule has 0 aromatic carbocycles. The minimum Gasteiger partial charge on any atom is -0.363 e. The second-order valence-electron chi connectivity index (χ2n) is 4.70. The Morgan fingerprint density at radius 1 is 1.28 bits per heavy atom. The van der Waals surface area contributed by atoms with Gasteiger partial charge in [-0.1, -0.05) is 12.8 Å². The van der Waals surface area contributed by atoms with Crippen LogP contribution < -0.4 is 16.4 Å². The van der Waals surface area contributed by atoms with Gasteiger partial charge in [0.15, 0.2) is 14.9 Å². The molecular weight excluding hydrogens is 270 g/mol. The maximum Gasteiger partial charge on any atom is 0.166 e. The van der Waals surface area contributed by atoms with Gasteiger partial charge in [-0.3, -0.25) is 0 Å². The summed E-state index contributed by atoms with van der Waals surface area (Å²) in [6.07, 6.45) is 5.08. The summed E-state index contributed by atoms with van der Waals surface area (Å²) in [6.45, 7) is 1.58. The average Bonchev–Trinajstić information content (AvgIpc) is 2.63. The SMILES string of the molecule is NCCCCCCNC(=S)N[C@@H]1CCS(=O)(=O)C1. The van der Waals surface area contributed by atoms with Crippen molar-refractivity contribution in [3.8, 4) is 0 Å². The summed E-state index contributed by atoms with van der Waals surface area (Å²) in [7, 11) is -2.84. The molecule has 1 rings (SSSR count). The minimum atomic E-state index is -2.84. The Balaban J connectivity index is 2.04. The van der Waals surface area contributed by atoms with Crippen molar-refractivity contribution in [2.75, 3.05) is 24.6 Å². The van der Waals surface area contributed by atoms with E-state index in [0.717, 1.165) is 38.8 Å². The number of sulfone groups is 1. The standard InChI is InChI=1S/C11H23N3O2S2/c12-6-3-1-2-4-7-13-11(17)14-10-5-8-18(15,16)9-10/h10H,1-9,12H2,(H2,13,14,17)/t10-/m1/s1. The molecule has 1 aliphatic rings. The highest BCUT2D eigenvalue weighted by Gasteiger charge is 2.27. The zero-order chi connectivity index (χ0) is 13.4. The van der Waals surface area contributed by atoms with Crippen molar-refractivity contribution in [3.63, 3.8) is 0 Å². The molecule has 1 fully saturated rings. The molecule has 0 amide bonds. The summed E-state index contributed by atoms with van der Waals surface area (Å²) in [6, 6.07) is -0.0211. The molecule has 0 radical (unpaired) electrons. The number of nitrogens with one attached hydrogen (secondary N) is 2. The van der Waals surface area contributed by atoms with E-state index in [0.29, 0.717) is 11.5 Å². The van der Waals surface area contributed by atoms with Crippen LogP contribution in [-0.2, 0) is 9.84 Å². The van der Waals surface area contributed by atoms with Gasteiger partial charge in [-0.25, -0.2) is 8.42 Å². The molecule has 0 saturated carbocycles. The van der Waals surface area contributed by atoms with Gasteiger partial charge in [0.2, 0.25) is 0 Å². The van der Waals surface area contributed by atoms with Crippen molar-refractivity contribution < 1.29 is 8.42 Å². The van der Waals surface area contributed by atoms with Gasteiger partial charge in [0.1, 0.15) is 0 Å². The smallest absolute Gasteiger partial charge is 0.166 e. The van der Waals surface area contributed by atoms with Crippen LogP contribution in [0.15, 0.2) is 0 Å². The van der Waals surface area contributed by atoms with Crippen molar-refractivity contribution >= 4 is 27.2 Å². The number of thiocarbonyl (C=S) groups is 1. The maximum atomic E-state index is 11.3. The Morgan fingerprint density at radius 3 is 2.61 bits per heavy atom. The third kappa shape index (κ3) is 6.51. The molecule has 0 aliphatic carbocycles. The van der Waals surface area contributed by atoms with Gasteiger partial charge in [0.25, 0.3) is 0 Å².